The van der Waals surface area contributed by atoms with Crippen molar-refractivity contribution in [2.45, 2.75) is 39.5 Å². The lowest BCUT2D eigenvalue weighted by atomic mass is 10.2. The molecule has 1 aliphatic heterocycles. The third-order valence-corrected chi connectivity index (χ3v) is 5.47. The van der Waals surface area contributed by atoms with Gasteiger partial charge in [-0.15, -0.1) is 0 Å². The Morgan fingerprint density at radius 2 is 1.62 bits per heavy atom. The minimum Gasteiger partial charge on any atom is -0.334 e. The number of hydrogen-bond donors (Lipinski definition) is 1. The molecule has 29 heavy (non-hydrogen) atoms. The molecular weight excluding hydrogens is 411 g/mol. The average Bonchev–Trinajstić information content (AvgIpc) is 2.84. The Morgan fingerprint density at radius 3 is 2.24 bits per heavy atom. The number of amides is 2. The van der Waals surface area contributed by atoms with Crippen LogP contribution in [0.4, 0.5) is 0 Å². The van der Waals surface area contributed by atoms with Crippen molar-refractivity contribution in [2.75, 3.05) is 13.1 Å². The van der Waals surface area contributed by atoms with Gasteiger partial charge in [0.15, 0.2) is 0 Å². The number of aryl methyl sites for hydroxylation is 1. The number of carbonyl (C=O) groups is 2. The van der Waals surface area contributed by atoms with Crippen molar-refractivity contribution in [3.8, 4) is 5.69 Å². The molecule has 1 aromatic carbocycles. The van der Waals surface area contributed by atoms with Crippen LogP contribution in [-0.2, 0) is 9.59 Å². The molecule has 0 unspecified atom stereocenters. The van der Waals surface area contributed by atoms with Crippen molar-refractivity contribution >= 4 is 41.2 Å². The number of hydrogen-bond acceptors (Lipinski definition) is 3. The molecule has 2 heterocycles. The normalized spacial score (nSPS) is 14.8. The smallest absolute Gasteiger partial charge is 0.329 e. The molecule has 1 saturated heterocycles. The van der Waals surface area contributed by atoms with E-state index in [0.29, 0.717) is 23.1 Å². The first kappa shape index (κ1) is 21.4. The summed E-state index contributed by atoms with van der Waals surface area (Å²) >= 11 is 12.3. The second kappa shape index (κ2) is 9.46. The molecule has 1 aromatic heterocycles. The Hall–Kier alpha value is -2.31. The minimum atomic E-state index is -0.710. The molecule has 0 spiro atoms. The summed E-state index contributed by atoms with van der Waals surface area (Å²) in [6.45, 7) is 5.15. The topological polar surface area (TPSA) is 66.7 Å². The van der Waals surface area contributed by atoms with Crippen molar-refractivity contribution < 1.29 is 9.59 Å². The van der Waals surface area contributed by atoms with Crippen LogP contribution in [0.1, 0.15) is 42.6 Å². The highest BCUT2D eigenvalue weighted by atomic mass is 35.5. The van der Waals surface area contributed by atoms with Gasteiger partial charge in [0.1, 0.15) is 0 Å². The van der Waals surface area contributed by atoms with Crippen molar-refractivity contribution in [1.29, 1.82) is 0 Å². The maximum Gasteiger partial charge on any atom is 0.329 e. The summed E-state index contributed by atoms with van der Waals surface area (Å²) in [5, 5.41) is 5.09. The molecule has 1 aliphatic rings. The van der Waals surface area contributed by atoms with E-state index < -0.39 is 11.8 Å². The van der Waals surface area contributed by atoms with Crippen molar-refractivity contribution in [3.63, 3.8) is 0 Å². The fourth-order valence-electron chi connectivity index (χ4n) is 3.61. The molecule has 0 aliphatic carbocycles. The van der Waals surface area contributed by atoms with E-state index in [1.165, 1.54) is 0 Å². The van der Waals surface area contributed by atoms with E-state index >= 15 is 0 Å². The third-order valence-electron chi connectivity index (χ3n) is 5.03. The predicted octanol–water partition coefficient (Wildman–Crippen LogP) is 4.25. The molecule has 1 fully saturated rings. The van der Waals surface area contributed by atoms with Crippen LogP contribution in [0, 0.1) is 13.8 Å². The van der Waals surface area contributed by atoms with Crippen LogP contribution < -0.4 is 5.43 Å². The van der Waals surface area contributed by atoms with Gasteiger partial charge in [0.25, 0.3) is 0 Å². The van der Waals surface area contributed by atoms with E-state index in [1.54, 1.807) is 17.2 Å². The van der Waals surface area contributed by atoms with Gasteiger partial charge in [-0.25, -0.2) is 5.43 Å². The van der Waals surface area contributed by atoms with Crippen molar-refractivity contribution in [2.24, 2.45) is 5.10 Å². The molecule has 1 N–H and O–H groups in total. The number of carbonyl (C=O) groups excluding carboxylic acids is 2. The van der Waals surface area contributed by atoms with E-state index in [2.05, 4.69) is 10.5 Å². The van der Waals surface area contributed by atoms with Gasteiger partial charge in [0, 0.05) is 45.8 Å². The molecule has 2 aromatic rings. The van der Waals surface area contributed by atoms with E-state index in [0.717, 1.165) is 48.3 Å². The zero-order valence-electron chi connectivity index (χ0n) is 16.5. The van der Waals surface area contributed by atoms with Gasteiger partial charge in [-0.1, -0.05) is 36.0 Å². The van der Waals surface area contributed by atoms with Gasteiger partial charge >= 0.3 is 11.8 Å². The second-order valence-corrected chi connectivity index (χ2v) is 8.07. The fraction of sp³-hybridized carbons (Fsp3) is 0.381. The van der Waals surface area contributed by atoms with Gasteiger partial charge in [0.2, 0.25) is 0 Å². The summed E-state index contributed by atoms with van der Waals surface area (Å²) in [7, 11) is 0. The summed E-state index contributed by atoms with van der Waals surface area (Å²) in [6, 6.07) is 7.28. The SMILES string of the molecule is Cc1cc(/C=N/NC(=O)C(=O)N2CCCCCC2)c(C)n1-c1cc(Cl)cc(Cl)c1. The number of halogens is 2. The third kappa shape index (κ3) is 5.19. The zero-order chi connectivity index (χ0) is 21.0. The number of nitrogens with zero attached hydrogens (tertiary/aromatic N) is 3. The quantitative estimate of drug-likeness (QED) is 0.445. The van der Waals surface area contributed by atoms with Crippen molar-refractivity contribution in [1.82, 2.24) is 14.9 Å². The molecule has 0 saturated carbocycles. The van der Waals surface area contributed by atoms with Crippen LogP contribution in [-0.4, -0.2) is 40.6 Å². The maximum absolute atomic E-state index is 12.3. The Kier molecular flexibility index (Phi) is 6.98. The second-order valence-electron chi connectivity index (χ2n) is 7.20. The maximum atomic E-state index is 12.3. The van der Waals surface area contributed by atoms with Crippen LogP contribution >= 0.6 is 23.2 Å². The summed E-state index contributed by atoms with van der Waals surface area (Å²) in [5.74, 6) is -1.23. The van der Waals surface area contributed by atoms with Crippen LogP contribution in [0.2, 0.25) is 10.0 Å². The van der Waals surface area contributed by atoms with Gasteiger partial charge in [-0.05, 0) is 51.0 Å². The first-order valence-corrected chi connectivity index (χ1v) is 10.4. The molecule has 0 radical (unpaired) electrons. The van der Waals surface area contributed by atoms with E-state index in [9.17, 15) is 9.59 Å². The first-order chi connectivity index (χ1) is 13.9. The highest BCUT2D eigenvalue weighted by Crippen LogP contribution is 2.26. The van der Waals surface area contributed by atoms with Crippen LogP contribution in [0.5, 0.6) is 0 Å². The van der Waals surface area contributed by atoms with Crippen LogP contribution in [0.25, 0.3) is 5.69 Å². The van der Waals surface area contributed by atoms with E-state index in [-0.39, 0.29) is 0 Å². The van der Waals surface area contributed by atoms with Crippen LogP contribution in [0.15, 0.2) is 29.4 Å². The molecule has 2 amide bonds. The molecule has 3 rings (SSSR count). The monoisotopic (exact) mass is 434 g/mol. The number of nitrogens with one attached hydrogen (secondary N) is 1. The Morgan fingerprint density at radius 1 is 1.00 bits per heavy atom. The number of likely N-dealkylation sites (tertiary alicyclic amines) is 1. The standard InChI is InChI=1S/C21H24Cl2N4O2/c1-14-9-16(15(2)27(14)19-11-17(22)10-18(23)12-19)13-24-25-20(28)21(29)26-7-5-3-4-6-8-26/h9-13H,3-8H2,1-2H3,(H,25,28)/b24-13+. The number of benzene rings is 1. The Balaban J connectivity index is 1.71. The Bertz CT molecular complexity index is 924. The molecular formula is C21H24Cl2N4O2. The number of hydrazone groups is 1. The van der Waals surface area contributed by atoms with Crippen LogP contribution in [0.3, 0.4) is 0 Å². The van der Waals surface area contributed by atoms with Gasteiger partial charge < -0.3 is 9.47 Å². The lowest BCUT2D eigenvalue weighted by Crippen LogP contribution is -2.41. The predicted molar refractivity (Wildman–Crippen MR) is 116 cm³/mol. The average molecular weight is 435 g/mol. The molecule has 0 bridgehead atoms. The van der Waals surface area contributed by atoms with Crippen molar-refractivity contribution in [3.05, 3.63) is 51.3 Å². The van der Waals surface area contributed by atoms with Gasteiger partial charge in [-0.2, -0.15) is 5.10 Å². The highest BCUT2D eigenvalue weighted by molar-refractivity contribution is 6.35. The minimum absolute atomic E-state index is 0.525. The molecule has 0 atom stereocenters. The van der Waals surface area contributed by atoms with E-state index in [4.69, 9.17) is 23.2 Å². The lowest BCUT2D eigenvalue weighted by molar-refractivity contribution is -0.145. The summed E-state index contributed by atoms with van der Waals surface area (Å²) in [5.41, 5.74) is 5.90. The van der Waals surface area contributed by atoms with Gasteiger partial charge in [0.05, 0.1) is 6.21 Å². The summed E-state index contributed by atoms with van der Waals surface area (Å²) < 4.78 is 2.00. The number of rotatable bonds is 3. The largest absolute Gasteiger partial charge is 0.334 e. The summed E-state index contributed by atoms with van der Waals surface area (Å²) in [4.78, 5) is 26.0. The van der Waals surface area contributed by atoms with Gasteiger partial charge in [-0.3, -0.25) is 9.59 Å². The highest BCUT2D eigenvalue weighted by Gasteiger charge is 2.22. The summed E-state index contributed by atoms with van der Waals surface area (Å²) in [6.07, 6.45) is 5.59. The molecule has 8 heteroatoms. The first-order valence-electron chi connectivity index (χ1n) is 9.64. The van der Waals surface area contributed by atoms with E-state index in [1.807, 2.05) is 36.6 Å². The fourth-order valence-corrected chi connectivity index (χ4v) is 4.12. The zero-order valence-corrected chi connectivity index (χ0v) is 18.1. The molecule has 154 valence electrons. The Labute approximate surface area is 180 Å². The lowest BCUT2D eigenvalue weighted by Gasteiger charge is -2.18. The number of aromatic nitrogens is 1. The molecule has 6 nitrogen and oxygen atoms in total.